The van der Waals surface area contributed by atoms with Crippen molar-refractivity contribution in [3.63, 3.8) is 0 Å². The van der Waals surface area contributed by atoms with Crippen molar-refractivity contribution in [2.75, 3.05) is 6.61 Å². The molecule has 0 aliphatic heterocycles. The molecule has 0 aliphatic rings. The summed E-state index contributed by atoms with van der Waals surface area (Å²) in [6, 6.07) is 0. The summed E-state index contributed by atoms with van der Waals surface area (Å²) < 4.78 is 5.13. The second-order valence-corrected chi connectivity index (χ2v) is 2.40. The molecular weight excluding hydrogens is 116 g/mol. The second-order valence-electron chi connectivity index (χ2n) is 2.40. The number of carbonyl (C=O) groups excluding carboxylic acids is 1. The van der Waals surface area contributed by atoms with E-state index < -0.39 is 0 Å². The van der Waals surface area contributed by atoms with E-state index in [0.717, 1.165) is 0 Å². The van der Waals surface area contributed by atoms with E-state index in [-0.39, 0.29) is 12.0 Å². The fourth-order valence-electron chi connectivity index (χ4n) is 0.371. The quantitative estimate of drug-likeness (QED) is 0.569. The topological polar surface area (TPSA) is 26.3 Å². The van der Waals surface area contributed by atoms with Crippen molar-refractivity contribution >= 4 is 6.29 Å². The summed E-state index contributed by atoms with van der Waals surface area (Å²) in [6.45, 7) is 6.16. The van der Waals surface area contributed by atoms with Crippen LogP contribution in [0.5, 0.6) is 0 Å². The van der Waals surface area contributed by atoms with Crippen LogP contribution in [0.1, 0.15) is 20.8 Å². The lowest BCUT2D eigenvalue weighted by atomic mass is 10.2. The van der Waals surface area contributed by atoms with Gasteiger partial charge in [-0.15, -0.1) is 0 Å². The first-order chi connectivity index (χ1) is 4.16. The van der Waals surface area contributed by atoms with Gasteiger partial charge in [0.1, 0.15) is 0 Å². The van der Waals surface area contributed by atoms with Crippen LogP contribution >= 0.6 is 0 Å². The Morgan fingerprint density at radius 3 is 2.33 bits per heavy atom. The van der Waals surface area contributed by atoms with Gasteiger partial charge in [0.25, 0.3) is 0 Å². The fraction of sp³-hybridized carbons (Fsp3) is 0.857. The van der Waals surface area contributed by atoms with Gasteiger partial charge in [-0.3, -0.25) is 4.79 Å². The molecule has 0 aromatic heterocycles. The highest BCUT2D eigenvalue weighted by Crippen LogP contribution is 1.94. The van der Waals surface area contributed by atoms with E-state index in [9.17, 15) is 4.79 Å². The van der Waals surface area contributed by atoms with Crippen LogP contribution in [0.4, 0.5) is 0 Å². The first-order valence-corrected chi connectivity index (χ1v) is 3.16. The van der Waals surface area contributed by atoms with E-state index in [1.165, 1.54) is 0 Å². The van der Waals surface area contributed by atoms with Crippen LogP contribution in [0, 0.1) is 5.92 Å². The maximum Gasteiger partial charge on any atom is 0.203 e. The highest BCUT2D eigenvalue weighted by Gasteiger charge is 2.00. The average Bonchev–Trinajstić information content (AvgIpc) is 1.83. The Morgan fingerprint density at radius 1 is 1.44 bits per heavy atom. The third-order valence-corrected chi connectivity index (χ3v) is 0.881. The third-order valence-electron chi connectivity index (χ3n) is 0.881. The van der Waals surface area contributed by atoms with Gasteiger partial charge in [-0.25, -0.2) is 0 Å². The molecule has 0 amide bonds. The lowest BCUT2D eigenvalue weighted by Gasteiger charge is -2.07. The van der Waals surface area contributed by atoms with Crippen molar-refractivity contribution in [1.82, 2.24) is 0 Å². The lowest BCUT2D eigenvalue weighted by molar-refractivity contribution is 0.0677. The fourth-order valence-corrected chi connectivity index (χ4v) is 0.371. The van der Waals surface area contributed by atoms with E-state index >= 15 is 0 Å². The normalized spacial score (nSPS) is 13.8. The van der Waals surface area contributed by atoms with Gasteiger partial charge in [0.2, 0.25) is 6.29 Å². The molecule has 0 saturated carbocycles. The van der Waals surface area contributed by atoms with Crippen LogP contribution in [-0.2, 0) is 9.53 Å². The summed E-state index contributed by atoms with van der Waals surface area (Å²) in [6.07, 6.45) is 2.05. The minimum absolute atomic E-state index is 0.0904. The molecule has 0 aromatic carbocycles. The van der Waals surface area contributed by atoms with E-state index in [1.54, 1.807) is 6.92 Å². The largest absolute Gasteiger partial charge is 0.378 e. The molecule has 2 heteroatoms. The Kier molecular flexibility index (Phi) is 4.32. The van der Waals surface area contributed by atoms with Crippen LogP contribution in [0.15, 0.2) is 0 Å². The monoisotopic (exact) mass is 129 g/mol. The minimum atomic E-state index is -0.0904. The van der Waals surface area contributed by atoms with E-state index in [2.05, 4.69) is 0 Å². The molecule has 0 N–H and O–H groups in total. The molecule has 53 valence electrons. The first kappa shape index (κ1) is 8.63. The van der Waals surface area contributed by atoms with Crippen molar-refractivity contribution in [3.8, 4) is 0 Å². The lowest BCUT2D eigenvalue weighted by Crippen LogP contribution is -2.11. The molecule has 0 spiro atoms. The Morgan fingerprint density at radius 2 is 2.00 bits per heavy atom. The first-order valence-electron chi connectivity index (χ1n) is 3.16. The summed E-state index contributed by atoms with van der Waals surface area (Å²) in [7, 11) is 0. The minimum Gasteiger partial charge on any atom is -0.378 e. The highest BCUT2D eigenvalue weighted by atomic mass is 16.5. The number of hydrogen-bond acceptors (Lipinski definition) is 2. The molecule has 0 saturated heterocycles. The van der Waals surface area contributed by atoms with E-state index in [4.69, 9.17) is 4.74 Å². The van der Waals surface area contributed by atoms with Crippen molar-refractivity contribution < 1.29 is 9.53 Å². The van der Waals surface area contributed by atoms with Gasteiger partial charge in [-0.2, -0.15) is 0 Å². The standard InChI is InChI=1S/C7H13O2/c1-6(2)9-5-7(3)4-8/h6-7H,5H2,1-3H3. The molecule has 0 rings (SSSR count). The molecule has 0 fully saturated rings. The SMILES string of the molecule is CC([C]=O)COC(C)C. The third kappa shape index (κ3) is 5.50. The average molecular weight is 129 g/mol. The van der Waals surface area contributed by atoms with Crippen LogP contribution in [-0.4, -0.2) is 19.0 Å². The Hall–Kier alpha value is -0.370. The highest BCUT2D eigenvalue weighted by molar-refractivity contribution is 5.53. The molecule has 1 radical (unpaired) electrons. The van der Waals surface area contributed by atoms with Crippen LogP contribution in [0.25, 0.3) is 0 Å². The van der Waals surface area contributed by atoms with Crippen molar-refractivity contribution in [2.45, 2.75) is 26.9 Å². The molecule has 0 heterocycles. The van der Waals surface area contributed by atoms with E-state index in [0.29, 0.717) is 6.61 Å². The van der Waals surface area contributed by atoms with Gasteiger partial charge in [-0.1, -0.05) is 6.92 Å². The second kappa shape index (κ2) is 4.50. The summed E-state index contributed by atoms with van der Waals surface area (Å²) in [5.41, 5.74) is 0. The maximum absolute atomic E-state index is 9.91. The Balaban J connectivity index is 3.16. The molecule has 2 nitrogen and oxygen atoms in total. The van der Waals surface area contributed by atoms with Crippen LogP contribution in [0.3, 0.4) is 0 Å². The Bertz CT molecular complexity index is 79.0. The summed E-state index contributed by atoms with van der Waals surface area (Å²) in [4.78, 5) is 9.91. The smallest absolute Gasteiger partial charge is 0.203 e. The van der Waals surface area contributed by atoms with Crippen LogP contribution < -0.4 is 0 Å². The zero-order valence-electron chi connectivity index (χ0n) is 6.18. The number of hydrogen-bond donors (Lipinski definition) is 0. The molecule has 0 bridgehead atoms. The molecule has 0 aliphatic carbocycles. The molecule has 0 aromatic rings. The Labute approximate surface area is 56.2 Å². The van der Waals surface area contributed by atoms with Gasteiger partial charge in [-0.05, 0) is 13.8 Å². The zero-order valence-corrected chi connectivity index (χ0v) is 6.18. The predicted octanol–water partition coefficient (Wildman–Crippen LogP) is 1.16. The van der Waals surface area contributed by atoms with Crippen molar-refractivity contribution in [3.05, 3.63) is 0 Å². The van der Waals surface area contributed by atoms with Crippen molar-refractivity contribution in [2.24, 2.45) is 5.92 Å². The number of ether oxygens (including phenoxy) is 1. The number of rotatable bonds is 4. The summed E-state index contributed by atoms with van der Waals surface area (Å²) in [5, 5.41) is 0. The molecule has 1 atom stereocenters. The molecular formula is C7H13O2. The van der Waals surface area contributed by atoms with Gasteiger partial charge >= 0.3 is 0 Å². The molecule has 1 unspecified atom stereocenters. The van der Waals surface area contributed by atoms with Gasteiger partial charge < -0.3 is 4.74 Å². The van der Waals surface area contributed by atoms with E-state index in [1.807, 2.05) is 20.1 Å². The van der Waals surface area contributed by atoms with Crippen LogP contribution in [0.2, 0.25) is 0 Å². The molecule has 9 heavy (non-hydrogen) atoms. The van der Waals surface area contributed by atoms with Crippen molar-refractivity contribution in [1.29, 1.82) is 0 Å². The maximum atomic E-state index is 9.91. The summed E-state index contributed by atoms with van der Waals surface area (Å²) >= 11 is 0. The van der Waals surface area contributed by atoms with Gasteiger partial charge in [0.05, 0.1) is 12.7 Å². The van der Waals surface area contributed by atoms with Gasteiger partial charge in [0.15, 0.2) is 0 Å². The zero-order chi connectivity index (χ0) is 7.28. The van der Waals surface area contributed by atoms with Gasteiger partial charge in [0, 0.05) is 5.92 Å². The summed E-state index contributed by atoms with van der Waals surface area (Å²) in [5.74, 6) is -0.0904. The predicted molar refractivity (Wildman–Crippen MR) is 35.9 cm³/mol.